The summed E-state index contributed by atoms with van der Waals surface area (Å²) in [6, 6.07) is 0. The first-order valence-electron chi connectivity index (χ1n) is 11.0. The van der Waals surface area contributed by atoms with E-state index < -0.39 is 35.6 Å². The van der Waals surface area contributed by atoms with Gasteiger partial charge in [-0.3, -0.25) is 9.59 Å². The highest BCUT2D eigenvalue weighted by Gasteiger charge is 2.44. The minimum atomic E-state index is -4.27. The lowest BCUT2D eigenvalue weighted by molar-refractivity contribution is -0.187. The molecule has 31 heavy (non-hydrogen) atoms. The highest BCUT2D eigenvalue weighted by Crippen LogP contribution is 2.40. The third kappa shape index (κ3) is 8.22. The van der Waals surface area contributed by atoms with Gasteiger partial charge in [-0.2, -0.15) is 13.2 Å². The van der Waals surface area contributed by atoms with Crippen LogP contribution in [0.15, 0.2) is 0 Å². The SMILES string of the molecule is CC(C)(C)OC(=O)NCCNC(=O)C1CCCN(C(=O)C2CCCC(C(F)(F)F)C2)C1. The Morgan fingerprint density at radius 1 is 0.968 bits per heavy atom. The van der Waals surface area contributed by atoms with Gasteiger partial charge in [0.15, 0.2) is 0 Å². The molecule has 2 aliphatic rings. The summed E-state index contributed by atoms with van der Waals surface area (Å²) in [5.41, 5.74) is -0.607. The van der Waals surface area contributed by atoms with Crippen molar-refractivity contribution in [1.82, 2.24) is 15.5 Å². The molecule has 0 spiro atoms. The molecule has 1 aliphatic carbocycles. The van der Waals surface area contributed by atoms with E-state index >= 15 is 0 Å². The molecule has 2 rings (SSSR count). The van der Waals surface area contributed by atoms with Crippen LogP contribution >= 0.6 is 0 Å². The molecular formula is C21H34F3N3O4. The molecule has 0 bridgehead atoms. The van der Waals surface area contributed by atoms with Gasteiger partial charge in [-0.05, 0) is 52.9 Å². The largest absolute Gasteiger partial charge is 0.444 e. The molecule has 0 aromatic heterocycles. The van der Waals surface area contributed by atoms with Gasteiger partial charge in [0.05, 0.1) is 11.8 Å². The number of likely N-dealkylation sites (tertiary alicyclic amines) is 1. The van der Waals surface area contributed by atoms with Gasteiger partial charge in [0.25, 0.3) is 0 Å². The van der Waals surface area contributed by atoms with Gasteiger partial charge in [0.1, 0.15) is 5.60 Å². The second-order valence-corrected chi connectivity index (χ2v) is 9.45. The highest BCUT2D eigenvalue weighted by molar-refractivity contribution is 5.82. The highest BCUT2D eigenvalue weighted by atomic mass is 19.4. The molecule has 1 aliphatic heterocycles. The molecule has 1 saturated heterocycles. The van der Waals surface area contributed by atoms with Crippen LogP contribution < -0.4 is 10.6 Å². The summed E-state index contributed by atoms with van der Waals surface area (Å²) in [5, 5.41) is 5.29. The van der Waals surface area contributed by atoms with Crippen molar-refractivity contribution in [3.63, 3.8) is 0 Å². The number of piperidine rings is 1. The minimum absolute atomic E-state index is 0.0790. The number of hydrogen-bond acceptors (Lipinski definition) is 4. The number of ether oxygens (including phenoxy) is 1. The fraction of sp³-hybridized carbons (Fsp3) is 0.857. The maximum atomic E-state index is 13.1. The van der Waals surface area contributed by atoms with Gasteiger partial charge in [-0.25, -0.2) is 4.79 Å². The van der Waals surface area contributed by atoms with Crippen LogP contribution in [0.2, 0.25) is 0 Å². The number of carbonyl (C=O) groups excluding carboxylic acids is 3. The van der Waals surface area contributed by atoms with E-state index in [1.54, 1.807) is 25.7 Å². The molecule has 3 atom stereocenters. The van der Waals surface area contributed by atoms with Gasteiger partial charge < -0.3 is 20.3 Å². The maximum Gasteiger partial charge on any atom is 0.407 e. The predicted octanol–water partition coefficient (Wildman–Crippen LogP) is 3.23. The quantitative estimate of drug-likeness (QED) is 0.631. The maximum absolute atomic E-state index is 13.1. The molecule has 2 N–H and O–H groups in total. The van der Waals surface area contributed by atoms with E-state index in [1.807, 2.05) is 0 Å². The standard InChI is InChI=1S/C21H34F3N3O4/c1-20(2,3)31-19(30)26-10-9-25-17(28)15-7-5-11-27(13-15)18(29)14-6-4-8-16(12-14)21(22,23)24/h14-16H,4-13H2,1-3H3,(H,25,28)(H,26,30). The number of rotatable bonds is 5. The Bertz CT molecular complexity index is 649. The molecule has 0 aromatic rings. The Morgan fingerprint density at radius 3 is 2.26 bits per heavy atom. The fourth-order valence-electron chi connectivity index (χ4n) is 4.17. The van der Waals surface area contributed by atoms with Crippen LogP contribution in [0.25, 0.3) is 0 Å². The number of alkyl halides is 3. The van der Waals surface area contributed by atoms with Crippen molar-refractivity contribution in [2.24, 2.45) is 17.8 Å². The van der Waals surface area contributed by atoms with Crippen molar-refractivity contribution >= 4 is 17.9 Å². The van der Waals surface area contributed by atoms with Gasteiger partial charge in [-0.1, -0.05) is 6.42 Å². The summed E-state index contributed by atoms with van der Waals surface area (Å²) in [6.45, 7) is 6.37. The molecule has 0 aromatic carbocycles. The van der Waals surface area contributed by atoms with Gasteiger partial charge in [0.2, 0.25) is 11.8 Å². The Morgan fingerprint density at radius 2 is 1.61 bits per heavy atom. The Labute approximate surface area is 181 Å². The monoisotopic (exact) mass is 449 g/mol. The summed E-state index contributed by atoms with van der Waals surface area (Å²) in [6.07, 6.45) is -2.81. The number of amides is 3. The number of halogens is 3. The molecule has 1 saturated carbocycles. The average molecular weight is 450 g/mol. The number of alkyl carbamates (subject to hydrolysis) is 1. The summed E-state index contributed by atoms with van der Waals surface area (Å²) < 4.78 is 44.3. The predicted molar refractivity (Wildman–Crippen MR) is 108 cm³/mol. The van der Waals surface area contributed by atoms with Crippen LogP contribution in [0.5, 0.6) is 0 Å². The average Bonchev–Trinajstić information content (AvgIpc) is 2.68. The molecule has 3 amide bonds. The third-order valence-corrected chi connectivity index (χ3v) is 5.68. The lowest BCUT2D eigenvalue weighted by atomic mass is 9.80. The number of hydrogen-bond donors (Lipinski definition) is 2. The third-order valence-electron chi connectivity index (χ3n) is 5.68. The van der Waals surface area contributed by atoms with Crippen molar-refractivity contribution < 1.29 is 32.3 Å². The molecule has 7 nitrogen and oxygen atoms in total. The van der Waals surface area contributed by atoms with Crippen LogP contribution in [0.4, 0.5) is 18.0 Å². The van der Waals surface area contributed by atoms with Crippen LogP contribution in [-0.4, -0.2) is 60.8 Å². The van der Waals surface area contributed by atoms with E-state index in [0.29, 0.717) is 32.2 Å². The summed E-state index contributed by atoms with van der Waals surface area (Å²) in [7, 11) is 0. The van der Waals surface area contributed by atoms with Crippen molar-refractivity contribution in [2.75, 3.05) is 26.2 Å². The molecule has 178 valence electrons. The van der Waals surface area contributed by atoms with Crippen LogP contribution in [0.1, 0.15) is 59.3 Å². The second-order valence-electron chi connectivity index (χ2n) is 9.45. The van der Waals surface area contributed by atoms with Crippen molar-refractivity contribution in [1.29, 1.82) is 0 Å². The first kappa shape index (κ1) is 25.3. The molecule has 10 heteroatoms. The fourth-order valence-corrected chi connectivity index (χ4v) is 4.17. The Hall–Kier alpha value is -2.00. The normalized spacial score (nSPS) is 25.0. The molecule has 0 radical (unpaired) electrons. The number of carbonyl (C=O) groups is 3. The zero-order chi connectivity index (χ0) is 23.2. The van der Waals surface area contributed by atoms with E-state index in [2.05, 4.69) is 10.6 Å². The van der Waals surface area contributed by atoms with Crippen LogP contribution in [0.3, 0.4) is 0 Å². The van der Waals surface area contributed by atoms with Crippen molar-refractivity contribution in [2.45, 2.75) is 71.1 Å². The topological polar surface area (TPSA) is 87.7 Å². The van der Waals surface area contributed by atoms with Crippen LogP contribution in [-0.2, 0) is 14.3 Å². The zero-order valence-corrected chi connectivity index (χ0v) is 18.5. The lowest BCUT2D eigenvalue weighted by Crippen LogP contribution is -2.49. The first-order chi connectivity index (χ1) is 14.4. The number of nitrogens with zero attached hydrogens (tertiary/aromatic N) is 1. The molecule has 3 unspecified atom stereocenters. The van der Waals surface area contributed by atoms with E-state index in [0.717, 1.165) is 0 Å². The zero-order valence-electron chi connectivity index (χ0n) is 18.5. The Balaban J connectivity index is 1.77. The minimum Gasteiger partial charge on any atom is -0.444 e. The van der Waals surface area contributed by atoms with Gasteiger partial charge in [0, 0.05) is 32.1 Å². The van der Waals surface area contributed by atoms with Gasteiger partial charge >= 0.3 is 12.3 Å². The lowest BCUT2D eigenvalue weighted by Gasteiger charge is -2.37. The van der Waals surface area contributed by atoms with Crippen molar-refractivity contribution in [3.05, 3.63) is 0 Å². The summed E-state index contributed by atoms with van der Waals surface area (Å²) >= 11 is 0. The van der Waals surface area contributed by atoms with Crippen LogP contribution in [0, 0.1) is 17.8 Å². The second kappa shape index (κ2) is 10.5. The molecule has 1 heterocycles. The van der Waals surface area contributed by atoms with Crippen molar-refractivity contribution in [3.8, 4) is 0 Å². The van der Waals surface area contributed by atoms with E-state index in [-0.39, 0.29) is 44.3 Å². The summed E-state index contributed by atoms with van der Waals surface area (Å²) in [5.74, 6) is -2.93. The molecule has 2 fully saturated rings. The van der Waals surface area contributed by atoms with E-state index in [9.17, 15) is 27.6 Å². The number of nitrogens with one attached hydrogen (secondary N) is 2. The Kier molecular flexibility index (Phi) is 8.59. The molecular weight excluding hydrogens is 415 g/mol. The van der Waals surface area contributed by atoms with E-state index in [1.165, 1.54) is 0 Å². The smallest absolute Gasteiger partial charge is 0.407 e. The first-order valence-corrected chi connectivity index (χ1v) is 11.0. The summed E-state index contributed by atoms with van der Waals surface area (Å²) in [4.78, 5) is 38.4. The van der Waals surface area contributed by atoms with E-state index in [4.69, 9.17) is 4.74 Å². The van der Waals surface area contributed by atoms with Gasteiger partial charge in [-0.15, -0.1) is 0 Å².